The molecule has 1 unspecified atom stereocenters. The van der Waals surface area contributed by atoms with E-state index in [1.165, 1.54) is 23.1 Å². The van der Waals surface area contributed by atoms with Gasteiger partial charge in [-0.3, -0.25) is 0 Å². The van der Waals surface area contributed by atoms with E-state index in [2.05, 4.69) is 4.98 Å². The first kappa shape index (κ1) is 17.7. The van der Waals surface area contributed by atoms with Crippen LogP contribution in [0.15, 0.2) is 28.6 Å². The predicted octanol–water partition coefficient (Wildman–Crippen LogP) is -0.486. The number of carboxylic acid groups (broad SMARTS) is 2. The Bertz CT molecular complexity index is 583. The number of carboxylic acids is 2. The first-order chi connectivity index (χ1) is 9.06. The molecule has 0 bridgehead atoms. The van der Waals surface area contributed by atoms with Gasteiger partial charge in [0.25, 0.3) is 0 Å². The van der Waals surface area contributed by atoms with Gasteiger partial charge in [0, 0.05) is 23.6 Å². The number of aromatic nitrogens is 1. The molecule has 1 aromatic heterocycles. The quantitative estimate of drug-likeness (QED) is 0.522. The van der Waals surface area contributed by atoms with Crippen molar-refractivity contribution >= 4 is 83.0 Å². The molecule has 0 aliphatic rings. The SMILES string of the molecule is O=C([O-])CC(CSc1nc2ccccc2s1)C(=O)[O-].[Ca+2]. The third kappa shape index (κ3) is 4.89. The van der Waals surface area contributed by atoms with E-state index in [0.717, 1.165) is 10.2 Å². The average Bonchev–Trinajstić information content (AvgIpc) is 2.76. The third-order valence-corrected chi connectivity index (χ3v) is 4.77. The molecule has 0 aliphatic carbocycles. The number of thiazole rings is 1. The van der Waals surface area contributed by atoms with Crippen LogP contribution >= 0.6 is 23.1 Å². The van der Waals surface area contributed by atoms with Crippen LogP contribution in [0.1, 0.15) is 6.42 Å². The number of para-hydroxylation sites is 1. The van der Waals surface area contributed by atoms with Crippen LogP contribution in [-0.4, -0.2) is 60.4 Å². The van der Waals surface area contributed by atoms with Gasteiger partial charge in [-0.05, 0) is 18.6 Å². The van der Waals surface area contributed by atoms with Crippen molar-refractivity contribution in [3.8, 4) is 0 Å². The standard InChI is InChI=1S/C12H11NO4S2.Ca/c14-10(15)5-7(11(16)17)6-18-12-13-8-3-1-2-4-9(8)19-12;/h1-4,7H,5-6H2,(H,14,15)(H,16,17);/q;+2/p-2. The zero-order valence-electron chi connectivity index (χ0n) is 10.4. The molecule has 0 saturated carbocycles. The molecule has 1 aromatic carbocycles. The average molecular weight is 335 g/mol. The number of carbonyl (C=O) groups excluding carboxylic acids is 2. The maximum Gasteiger partial charge on any atom is 2.00 e. The monoisotopic (exact) mass is 335 g/mol. The molecule has 0 saturated heterocycles. The number of nitrogens with zero attached hydrogens (tertiary/aromatic N) is 1. The zero-order chi connectivity index (χ0) is 13.8. The van der Waals surface area contributed by atoms with Crippen molar-refractivity contribution in [2.24, 2.45) is 5.92 Å². The van der Waals surface area contributed by atoms with E-state index in [1.54, 1.807) is 0 Å². The van der Waals surface area contributed by atoms with E-state index in [9.17, 15) is 19.8 Å². The summed E-state index contributed by atoms with van der Waals surface area (Å²) in [7, 11) is 0. The van der Waals surface area contributed by atoms with Gasteiger partial charge in [0.05, 0.1) is 10.2 Å². The van der Waals surface area contributed by atoms with Crippen molar-refractivity contribution in [2.75, 3.05) is 5.75 Å². The Kier molecular flexibility index (Phi) is 7.25. The molecule has 1 atom stereocenters. The molecule has 0 spiro atoms. The molecule has 0 N–H and O–H groups in total. The summed E-state index contributed by atoms with van der Waals surface area (Å²) >= 11 is 2.67. The van der Waals surface area contributed by atoms with E-state index in [1.807, 2.05) is 24.3 Å². The van der Waals surface area contributed by atoms with Crippen LogP contribution in [-0.2, 0) is 9.59 Å². The number of benzene rings is 1. The molecule has 0 amide bonds. The van der Waals surface area contributed by atoms with Crippen LogP contribution in [0.4, 0.5) is 0 Å². The number of hydrogen-bond donors (Lipinski definition) is 0. The first-order valence-electron chi connectivity index (χ1n) is 5.45. The maximum atomic E-state index is 10.8. The van der Waals surface area contributed by atoms with Crippen LogP contribution in [0.2, 0.25) is 0 Å². The Labute approximate surface area is 153 Å². The second kappa shape index (κ2) is 8.19. The summed E-state index contributed by atoms with van der Waals surface area (Å²) in [5.74, 6) is -3.73. The number of rotatable bonds is 6. The van der Waals surface area contributed by atoms with Gasteiger partial charge in [0.2, 0.25) is 0 Å². The van der Waals surface area contributed by atoms with E-state index in [-0.39, 0.29) is 43.5 Å². The van der Waals surface area contributed by atoms with Crippen LogP contribution in [0.3, 0.4) is 0 Å². The van der Waals surface area contributed by atoms with Gasteiger partial charge in [-0.15, -0.1) is 11.3 Å². The largest absolute Gasteiger partial charge is 2.00 e. The number of fused-ring (bicyclic) bond motifs is 1. The van der Waals surface area contributed by atoms with Gasteiger partial charge in [-0.1, -0.05) is 23.9 Å². The fourth-order valence-corrected chi connectivity index (χ4v) is 3.66. The maximum absolute atomic E-state index is 10.8. The van der Waals surface area contributed by atoms with Crippen molar-refractivity contribution in [2.45, 2.75) is 10.8 Å². The number of thioether (sulfide) groups is 1. The fraction of sp³-hybridized carbons (Fsp3) is 0.250. The van der Waals surface area contributed by atoms with Crippen LogP contribution in [0.5, 0.6) is 0 Å². The fourth-order valence-electron chi connectivity index (χ4n) is 1.50. The summed E-state index contributed by atoms with van der Waals surface area (Å²) in [5, 5.41) is 21.2. The third-order valence-electron chi connectivity index (χ3n) is 2.43. The Morgan fingerprint density at radius 2 is 2.00 bits per heavy atom. The summed E-state index contributed by atoms with van der Waals surface area (Å²) in [4.78, 5) is 25.6. The van der Waals surface area contributed by atoms with E-state index in [4.69, 9.17) is 0 Å². The molecule has 2 rings (SSSR count). The van der Waals surface area contributed by atoms with Crippen molar-refractivity contribution in [1.29, 1.82) is 0 Å². The second-order valence-corrected chi connectivity index (χ2v) is 6.15. The summed E-state index contributed by atoms with van der Waals surface area (Å²) in [5.41, 5.74) is 0.847. The minimum atomic E-state index is -1.39. The molecule has 0 radical (unpaired) electrons. The number of hydrogen-bond acceptors (Lipinski definition) is 7. The van der Waals surface area contributed by atoms with E-state index < -0.39 is 24.3 Å². The van der Waals surface area contributed by atoms with Gasteiger partial charge < -0.3 is 19.8 Å². The van der Waals surface area contributed by atoms with Crippen molar-refractivity contribution < 1.29 is 19.8 Å². The molecule has 20 heavy (non-hydrogen) atoms. The summed E-state index contributed by atoms with van der Waals surface area (Å²) in [6.07, 6.45) is -0.541. The minimum absolute atomic E-state index is 0. The molecule has 2 aromatic rings. The van der Waals surface area contributed by atoms with Crippen LogP contribution in [0, 0.1) is 5.92 Å². The molecular formula is C12H9CaNO4S2. The second-order valence-electron chi connectivity index (χ2n) is 3.85. The Hall–Kier alpha value is -0.340. The molecule has 0 fully saturated rings. The molecule has 100 valence electrons. The molecule has 0 aliphatic heterocycles. The molecule has 5 nitrogen and oxygen atoms in total. The summed E-state index contributed by atoms with van der Waals surface area (Å²) in [6, 6.07) is 7.56. The van der Waals surface area contributed by atoms with Gasteiger partial charge in [0.15, 0.2) is 4.34 Å². The normalized spacial score (nSPS) is 11.8. The zero-order valence-corrected chi connectivity index (χ0v) is 14.2. The molecular weight excluding hydrogens is 326 g/mol. The van der Waals surface area contributed by atoms with Crippen molar-refractivity contribution in [3.63, 3.8) is 0 Å². The van der Waals surface area contributed by atoms with E-state index in [0.29, 0.717) is 4.34 Å². The molecule has 8 heteroatoms. The minimum Gasteiger partial charge on any atom is -0.550 e. The summed E-state index contributed by atoms with van der Waals surface area (Å²) in [6.45, 7) is 0. The van der Waals surface area contributed by atoms with Gasteiger partial charge >= 0.3 is 37.7 Å². The topological polar surface area (TPSA) is 93.2 Å². The van der Waals surface area contributed by atoms with Gasteiger partial charge in [0.1, 0.15) is 0 Å². The number of carbonyl (C=O) groups is 2. The van der Waals surface area contributed by atoms with Gasteiger partial charge in [-0.25, -0.2) is 4.98 Å². The molecule has 1 heterocycles. The van der Waals surface area contributed by atoms with Crippen molar-refractivity contribution in [1.82, 2.24) is 4.98 Å². The van der Waals surface area contributed by atoms with Gasteiger partial charge in [-0.2, -0.15) is 0 Å². The Morgan fingerprint density at radius 3 is 2.60 bits per heavy atom. The Morgan fingerprint density at radius 1 is 1.30 bits per heavy atom. The van der Waals surface area contributed by atoms with Crippen LogP contribution in [0.25, 0.3) is 10.2 Å². The van der Waals surface area contributed by atoms with Crippen molar-refractivity contribution in [3.05, 3.63) is 24.3 Å². The Balaban J connectivity index is 0.00000200. The summed E-state index contributed by atoms with van der Waals surface area (Å²) < 4.78 is 1.72. The first-order valence-corrected chi connectivity index (χ1v) is 7.25. The predicted molar refractivity (Wildman–Crippen MR) is 74.2 cm³/mol. The number of aliphatic carboxylic acids is 2. The smallest absolute Gasteiger partial charge is 0.550 e. The van der Waals surface area contributed by atoms with Crippen LogP contribution < -0.4 is 10.2 Å². The van der Waals surface area contributed by atoms with E-state index >= 15 is 0 Å².